The van der Waals surface area contributed by atoms with Gasteiger partial charge < -0.3 is 9.64 Å². The number of nitrogens with zero attached hydrogens (tertiary/aromatic N) is 3. The Labute approximate surface area is 119 Å². The number of rotatable bonds is 3. The van der Waals surface area contributed by atoms with Crippen molar-refractivity contribution in [2.45, 2.75) is 0 Å². The van der Waals surface area contributed by atoms with E-state index >= 15 is 0 Å². The van der Waals surface area contributed by atoms with Gasteiger partial charge in [-0.25, -0.2) is 4.98 Å². The van der Waals surface area contributed by atoms with E-state index in [1.54, 1.807) is 29.3 Å². The normalized spacial score (nSPS) is 10.2. The lowest BCUT2D eigenvalue weighted by Crippen LogP contribution is -2.12. The van der Waals surface area contributed by atoms with E-state index in [0.29, 0.717) is 22.6 Å². The zero-order valence-electron chi connectivity index (χ0n) is 9.89. The molecule has 6 heteroatoms. The van der Waals surface area contributed by atoms with Crippen molar-refractivity contribution in [2.75, 3.05) is 19.0 Å². The molecular formula is C12H11BrClN3O. The van der Waals surface area contributed by atoms with Crippen LogP contribution in [0.5, 0.6) is 11.6 Å². The van der Waals surface area contributed by atoms with Gasteiger partial charge in [-0.15, -0.1) is 0 Å². The largest absolute Gasteiger partial charge is 0.437 e. The zero-order chi connectivity index (χ0) is 13.1. The Morgan fingerprint density at radius 1 is 1.28 bits per heavy atom. The van der Waals surface area contributed by atoms with Crippen LogP contribution in [0.25, 0.3) is 0 Å². The first-order valence-corrected chi connectivity index (χ1v) is 6.36. The molecule has 2 aromatic rings. The van der Waals surface area contributed by atoms with Gasteiger partial charge in [0.05, 0.1) is 5.02 Å². The molecule has 0 bridgehead atoms. The van der Waals surface area contributed by atoms with Crippen LogP contribution in [0.4, 0.5) is 5.95 Å². The summed E-state index contributed by atoms with van der Waals surface area (Å²) >= 11 is 9.42. The number of halogens is 2. The monoisotopic (exact) mass is 327 g/mol. The lowest BCUT2D eigenvalue weighted by molar-refractivity contribution is 0.461. The Kier molecular flexibility index (Phi) is 4.04. The fourth-order valence-electron chi connectivity index (χ4n) is 1.27. The van der Waals surface area contributed by atoms with Crippen molar-refractivity contribution in [3.05, 3.63) is 40.0 Å². The van der Waals surface area contributed by atoms with E-state index in [2.05, 4.69) is 25.9 Å². The average molecular weight is 329 g/mol. The molecule has 1 heterocycles. The molecule has 0 spiro atoms. The van der Waals surface area contributed by atoms with Crippen LogP contribution in [0, 0.1) is 0 Å². The van der Waals surface area contributed by atoms with Gasteiger partial charge in [-0.05, 0) is 18.2 Å². The summed E-state index contributed by atoms with van der Waals surface area (Å²) in [5.74, 6) is 1.58. The molecular weight excluding hydrogens is 318 g/mol. The summed E-state index contributed by atoms with van der Waals surface area (Å²) in [5.41, 5.74) is 0. The van der Waals surface area contributed by atoms with Gasteiger partial charge in [0, 0.05) is 30.8 Å². The summed E-state index contributed by atoms with van der Waals surface area (Å²) in [6.07, 6.45) is 1.64. The maximum absolute atomic E-state index is 6.05. The van der Waals surface area contributed by atoms with Crippen LogP contribution in [0.15, 0.2) is 34.9 Å². The third-order valence-electron chi connectivity index (χ3n) is 2.13. The van der Waals surface area contributed by atoms with Gasteiger partial charge in [0.1, 0.15) is 5.75 Å². The Morgan fingerprint density at radius 3 is 2.78 bits per heavy atom. The highest BCUT2D eigenvalue weighted by atomic mass is 79.9. The third-order valence-corrected chi connectivity index (χ3v) is 2.93. The number of hydrogen-bond donors (Lipinski definition) is 0. The van der Waals surface area contributed by atoms with E-state index in [9.17, 15) is 0 Å². The van der Waals surface area contributed by atoms with E-state index < -0.39 is 0 Å². The van der Waals surface area contributed by atoms with Crippen LogP contribution >= 0.6 is 27.5 Å². The number of aromatic nitrogens is 2. The van der Waals surface area contributed by atoms with Gasteiger partial charge in [0.15, 0.2) is 0 Å². The van der Waals surface area contributed by atoms with Crippen LogP contribution in [-0.4, -0.2) is 24.1 Å². The Bertz CT molecular complexity index is 563. The smallest absolute Gasteiger partial charge is 0.228 e. The van der Waals surface area contributed by atoms with Crippen molar-refractivity contribution in [3.8, 4) is 11.6 Å². The molecule has 18 heavy (non-hydrogen) atoms. The second-order valence-electron chi connectivity index (χ2n) is 3.77. The molecule has 0 atom stereocenters. The maximum atomic E-state index is 6.05. The molecule has 0 saturated heterocycles. The number of ether oxygens (including phenoxy) is 1. The zero-order valence-corrected chi connectivity index (χ0v) is 12.2. The van der Waals surface area contributed by atoms with Crippen LogP contribution < -0.4 is 9.64 Å². The van der Waals surface area contributed by atoms with E-state index in [0.717, 1.165) is 4.47 Å². The molecule has 0 N–H and O–H groups in total. The van der Waals surface area contributed by atoms with Gasteiger partial charge in [0.25, 0.3) is 0 Å². The first-order valence-electron chi connectivity index (χ1n) is 5.19. The second-order valence-corrected chi connectivity index (χ2v) is 5.09. The minimum absolute atomic E-state index is 0.453. The van der Waals surface area contributed by atoms with Gasteiger partial charge in [-0.1, -0.05) is 27.5 Å². The molecule has 0 fully saturated rings. The van der Waals surface area contributed by atoms with Crippen molar-refractivity contribution in [3.63, 3.8) is 0 Å². The van der Waals surface area contributed by atoms with E-state index in [1.807, 2.05) is 20.2 Å². The van der Waals surface area contributed by atoms with Gasteiger partial charge in [-0.3, -0.25) is 0 Å². The van der Waals surface area contributed by atoms with Crippen molar-refractivity contribution >= 4 is 33.5 Å². The summed E-state index contributed by atoms with van der Waals surface area (Å²) in [4.78, 5) is 10.2. The first kappa shape index (κ1) is 13.1. The molecule has 0 amide bonds. The summed E-state index contributed by atoms with van der Waals surface area (Å²) < 4.78 is 6.53. The standard InChI is InChI=1S/C12H11BrClN3O/c1-17(2)12-15-6-5-11(16-12)18-10-7-8(13)3-4-9(10)14/h3-7H,1-2H3. The van der Waals surface area contributed by atoms with Gasteiger partial charge in [-0.2, -0.15) is 4.98 Å². The summed E-state index contributed by atoms with van der Waals surface area (Å²) in [7, 11) is 3.73. The average Bonchev–Trinajstić information content (AvgIpc) is 2.34. The molecule has 0 radical (unpaired) electrons. The van der Waals surface area contributed by atoms with Crippen LogP contribution in [0.2, 0.25) is 5.02 Å². The fourth-order valence-corrected chi connectivity index (χ4v) is 1.77. The Hall–Kier alpha value is -1.33. The molecule has 0 unspecified atom stereocenters. The first-order chi connectivity index (χ1) is 8.56. The van der Waals surface area contributed by atoms with Gasteiger partial charge in [0.2, 0.25) is 11.8 Å². The van der Waals surface area contributed by atoms with Crippen molar-refractivity contribution in [1.82, 2.24) is 9.97 Å². The quantitative estimate of drug-likeness (QED) is 0.860. The van der Waals surface area contributed by atoms with E-state index in [1.165, 1.54) is 0 Å². The SMILES string of the molecule is CN(C)c1nccc(Oc2cc(Br)ccc2Cl)n1. The molecule has 0 aliphatic carbocycles. The number of benzene rings is 1. The van der Waals surface area contributed by atoms with E-state index in [-0.39, 0.29) is 0 Å². The Balaban J connectivity index is 2.28. The van der Waals surface area contributed by atoms with E-state index in [4.69, 9.17) is 16.3 Å². The van der Waals surface area contributed by atoms with Crippen molar-refractivity contribution < 1.29 is 4.74 Å². The Morgan fingerprint density at radius 2 is 2.06 bits per heavy atom. The summed E-state index contributed by atoms with van der Waals surface area (Å²) in [6, 6.07) is 7.08. The number of hydrogen-bond acceptors (Lipinski definition) is 4. The fraction of sp³-hybridized carbons (Fsp3) is 0.167. The highest BCUT2D eigenvalue weighted by molar-refractivity contribution is 9.10. The predicted molar refractivity (Wildman–Crippen MR) is 75.6 cm³/mol. The molecule has 0 aliphatic rings. The van der Waals surface area contributed by atoms with Crippen LogP contribution in [0.3, 0.4) is 0 Å². The molecule has 1 aromatic heterocycles. The van der Waals surface area contributed by atoms with Crippen LogP contribution in [-0.2, 0) is 0 Å². The minimum atomic E-state index is 0.453. The molecule has 0 aliphatic heterocycles. The summed E-state index contributed by atoms with van der Waals surface area (Å²) in [6.45, 7) is 0. The van der Waals surface area contributed by atoms with Crippen molar-refractivity contribution in [2.24, 2.45) is 0 Å². The molecule has 4 nitrogen and oxygen atoms in total. The third kappa shape index (κ3) is 3.11. The predicted octanol–water partition coefficient (Wildman–Crippen LogP) is 3.75. The molecule has 2 rings (SSSR count). The lowest BCUT2D eigenvalue weighted by Gasteiger charge is -2.11. The van der Waals surface area contributed by atoms with Gasteiger partial charge >= 0.3 is 0 Å². The highest BCUT2D eigenvalue weighted by Crippen LogP contribution is 2.31. The molecule has 94 valence electrons. The van der Waals surface area contributed by atoms with Crippen LogP contribution in [0.1, 0.15) is 0 Å². The molecule has 1 aromatic carbocycles. The minimum Gasteiger partial charge on any atom is -0.437 e. The molecule has 0 saturated carbocycles. The maximum Gasteiger partial charge on any atom is 0.228 e. The van der Waals surface area contributed by atoms with Crippen molar-refractivity contribution in [1.29, 1.82) is 0 Å². The highest BCUT2D eigenvalue weighted by Gasteiger charge is 2.07. The second kappa shape index (κ2) is 5.54. The number of anilines is 1. The summed E-state index contributed by atoms with van der Waals surface area (Å²) in [5, 5.41) is 0.531. The topological polar surface area (TPSA) is 38.2 Å². The lowest BCUT2D eigenvalue weighted by atomic mass is 10.3.